The molecule has 0 bridgehead atoms. The molecule has 2 heterocycles. The van der Waals surface area contributed by atoms with Gasteiger partial charge in [0.2, 0.25) is 0 Å². The number of aromatic nitrogens is 2. The number of hydrogen-bond acceptors (Lipinski definition) is 10. The lowest BCUT2D eigenvalue weighted by Gasteiger charge is -2.17. The number of anilines is 1. The van der Waals surface area contributed by atoms with Crippen molar-refractivity contribution in [3.8, 4) is 0 Å². The van der Waals surface area contributed by atoms with Gasteiger partial charge in [0, 0.05) is 11.9 Å². The fourth-order valence-electron chi connectivity index (χ4n) is 2.21. The summed E-state index contributed by atoms with van der Waals surface area (Å²) in [6, 6.07) is 1.50. The topological polar surface area (TPSA) is 132 Å². The highest BCUT2D eigenvalue weighted by molar-refractivity contribution is 8.00. The predicted molar refractivity (Wildman–Crippen MR) is 96.0 cm³/mol. The maximum Gasteiger partial charge on any atom is 0.351 e. The van der Waals surface area contributed by atoms with Gasteiger partial charge < -0.3 is 24.3 Å². The van der Waals surface area contributed by atoms with Gasteiger partial charge in [-0.2, -0.15) is 4.98 Å². The first kappa shape index (κ1) is 20.9. The van der Waals surface area contributed by atoms with Gasteiger partial charge in [0.25, 0.3) is 0 Å². The van der Waals surface area contributed by atoms with Crippen molar-refractivity contribution in [3.63, 3.8) is 0 Å². The molecule has 0 saturated carbocycles. The number of esters is 1. The van der Waals surface area contributed by atoms with E-state index in [1.807, 2.05) is 0 Å². The third kappa shape index (κ3) is 5.82. The molecule has 0 radical (unpaired) electrons. The van der Waals surface area contributed by atoms with Crippen molar-refractivity contribution in [2.45, 2.75) is 25.5 Å². The highest BCUT2D eigenvalue weighted by Gasteiger charge is 2.32. The Morgan fingerprint density at radius 1 is 1.46 bits per heavy atom. The van der Waals surface area contributed by atoms with Crippen LogP contribution in [-0.4, -0.2) is 52.7 Å². The van der Waals surface area contributed by atoms with Crippen molar-refractivity contribution in [1.82, 2.24) is 9.55 Å². The summed E-state index contributed by atoms with van der Waals surface area (Å²) in [5, 5.41) is 0. The Hall–Kier alpha value is -1.39. The fraction of sp³-hybridized carbons (Fsp3) is 0.643. The molecule has 1 aromatic rings. The molecule has 10 nitrogen and oxygen atoms in total. The zero-order chi connectivity index (χ0) is 19.2. The van der Waals surface area contributed by atoms with Gasteiger partial charge in [-0.1, -0.05) is 0 Å². The van der Waals surface area contributed by atoms with E-state index in [-0.39, 0.29) is 25.6 Å². The number of ether oxygens (including phenoxy) is 2. The number of rotatable bonds is 9. The third-order valence-corrected chi connectivity index (χ3v) is 6.30. The maximum absolute atomic E-state index is 12.3. The van der Waals surface area contributed by atoms with Crippen molar-refractivity contribution in [2.75, 3.05) is 37.5 Å². The average molecular weight is 407 g/mol. The Balaban J connectivity index is 1.84. The summed E-state index contributed by atoms with van der Waals surface area (Å²) in [5.74, 6) is -0.0750. The van der Waals surface area contributed by atoms with E-state index in [1.165, 1.54) is 28.6 Å². The summed E-state index contributed by atoms with van der Waals surface area (Å²) < 4.78 is 34.5. The summed E-state index contributed by atoms with van der Waals surface area (Å²) in [6.45, 7) is 3.61. The molecule has 2 atom stereocenters. The summed E-state index contributed by atoms with van der Waals surface area (Å²) in [7, 11) is -3.50. The molecule has 0 unspecified atom stereocenters. The largest absolute Gasteiger partial charge is 0.461 e. The molecule has 1 fully saturated rings. The highest BCUT2D eigenvalue weighted by atomic mass is 32.2. The lowest BCUT2D eigenvalue weighted by atomic mass is 10.5. The molecule has 1 aliphatic heterocycles. The Labute approximate surface area is 154 Å². The van der Waals surface area contributed by atoms with E-state index in [0.717, 1.165) is 0 Å². The second kappa shape index (κ2) is 9.52. The van der Waals surface area contributed by atoms with Gasteiger partial charge in [-0.05, 0) is 19.9 Å². The Morgan fingerprint density at radius 3 is 2.77 bits per heavy atom. The van der Waals surface area contributed by atoms with Crippen LogP contribution in [0, 0.1) is 0 Å². The van der Waals surface area contributed by atoms with Crippen molar-refractivity contribution < 1.29 is 27.9 Å². The van der Waals surface area contributed by atoms with Gasteiger partial charge >= 0.3 is 19.3 Å². The molecule has 0 aliphatic carbocycles. The van der Waals surface area contributed by atoms with Crippen molar-refractivity contribution >= 4 is 31.1 Å². The van der Waals surface area contributed by atoms with Gasteiger partial charge in [0.05, 0.1) is 13.2 Å². The first-order valence-electron chi connectivity index (χ1n) is 8.02. The van der Waals surface area contributed by atoms with Crippen LogP contribution in [0.2, 0.25) is 0 Å². The van der Waals surface area contributed by atoms with Crippen LogP contribution in [0.25, 0.3) is 0 Å². The van der Waals surface area contributed by atoms with Gasteiger partial charge in [0.1, 0.15) is 30.3 Å². The van der Waals surface area contributed by atoms with E-state index in [4.69, 9.17) is 24.3 Å². The normalized spacial score (nSPS) is 20.2. The maximum atomic E-state index is 12.3. The molecular weight excluding hydrogens is 385 g/mol. The van der Waals surface area contributed by atoms with Crippen molar-refractivity contribution in [1.29, 1.82) is 0 Å². The first-order chi connectivity index (χ1) is 12.4. The summed E-state index contributed by atoms with van der Waals surface area (Å²) >= 11 is 1.39. The van der Waals surface area contributed by atoms with Crippen molar-refractivity contribution in [2.24, 2.45) is 0 Å². The number of carbonyl (C=O) groups is 1. The summed E-state index contributed by atoms with van der Waals surface area (Å²) in [5.41, 5.74) is 4.49. The molecule has 26 heavy (non-hydrogen) atoms. The molecule has 1 saturated heterocycles. The van der Waals surface area contributed by atoms with Crippen molar-refractivity contribution in [3.05, 3.63) is 22.7 Å². The molecule has 0 amide bonds. The van der Waals surface area contributed by atoms with Crippen LogP contribution >= 0.6 is 19.4 Å². The lowest BCUT2D eigenvalue weighted by molar-refractivity contribution is -0.144. The van der Waals surface area contributed by atoms with Gasteiger partial charge in [-0.25, -0.2) is 4.79 Å². The van der Waals surface area contributed by atoms with Gasteiger partial charge in [-0.15, -0.1) is 11.8 Å². The van der Waals surface area contributed by atoms with Crippen LogP contribution in [0.4, 0.5) is 5.82 Å². The Bertz CT molecular complexity index is 719. The molecule has 1 aromatic heterocycles. The Kier molecular flexibility index (Phi) is 7.66. The predicted octanol–water partition coefficient (Wildman–Crippen LogP) is 1.22. The van der Waals surface area contributed by atoms with Gasteiger partial charge in [0.15, 0.2) is 0 Å². The minimum Gasteiger partial charge on any atom is -0.461 e. The minimum absolute atomic E-state index is 0.0462. The first-order valence-corrected chi connectivity index (χ1v) is 10.8. The van der Waals surface area contributed by atoms with Crippen LogP contribution in [0.15, 0.2) is 17.1 Å². The van der Waals surface area contributed by atoms with E-state index in [1.54, 1.807) is 13.8 Å². The Morgan fingerprint density at radius 2 is 2.15 bits per heavy atom. The van der Waals surface area contributed by atoms with E-state index in [2.05, 4.69) is 4.98 Å². The number of thioether (sulfide) groups is 1. The average Bonchev–Trinajstić information content (AvgIpc) is 3.02. The van der Waals surface area contributed by atoms with E-state index >= 15 is 0 Å². The smallest absolute Gasteiger partial charge is 0.351 e. The van der Waals surface area contributed by atoms with E-state index in [9.17, 15) is 14.2 Å². The van der Waals surface area contributed by atoms with Crippen LogP contribution in [0.5, 0.6) is 0 Å². The molecule has 1 aliphatic rings. The highest BCUT2D eigenvalue weighted by Crippen LogP contribution is 2.47. The fourth-order valence-corrected chi connectivity index (χ4v) is 4.65. The second-order valence-corrected chi connectivity index (χ2v) is 8.43. The third-order valence-electron chi connectivity index (χ3n) is 3.25. The molecule has 0 aromatic carbocycles. The second-order valence-electron chi connectivity index (χ2n) is 5.18. The lowest BCUT2D eigenvalue weighted by Crippen LogP contribution is -2.29. The van der Waals surface area contributed by atoms with E-state index in [0.29, 0.717) is 5.75 Å². The summed E-state index contributed by atoms with van der Waals surface area (Å²) in [4.78, 5) is 27.4. The van der Waals surface area contributed by atoms with Crippen LogP contribution < -0.4 is 11.4 Å². The number of nitrogens with two attached hydrogens (primary N) is 1. The zero-order valence-corrected chi connectivity index (χ0v) is 16.2. The van der Waals surface area contributed by atoms with Crippen LogP contribution in [0.1, 0.15) is 20.1 Å². The molecule has 2 N–H and O–H groups in total. The number of nitrogens with zero attached hydrogens (tertiary/aromatic N) is 2. The van der Waals surface area contributed by atoms with Crippen LogP contribution in [0.3, 0.4) is 0 Å². The van der Waals surface area contributed by atoms with Gasteiger partial charge in [-0.3, -0.25) is 13.9 Å². The molecule has 146 valence electrons. The number of hydrogen-bond donors (Lipinski definition) is 1. The van der Waals surface area contributed by atoms with E-state index < -0.39 is 37.1 Å². The summed E-state index contributed by atoms with van der Waals surface area (Å²) in [6.07, 6.45) is 0.518. The number of carbonyl (C=O) groups excluding carboxylic acids is 1. The molecular formula is C14H22N3O7PS. The zero-order valence-electron chi connectivity index (χ0n) is 14.5. The SMILES string of the molecule is CCOP(=O)(CC(=O)OC[C@H]1O[C@@H](n2ccc(N)nc2=O)CS1)OCC. The van der Waals surface area contributed by atoms with Crippen LogP contribution in [-0.2, 0) is 27.9 Å². The number of nitrogen functional groups attached to an aromatic ring is 1. The standard InChI is InChI=1S/C14H22N3O7PS/c1-3-22-25(20,23-4-2)8-12(18)21-7-13-24-11(9-26-13)17-6-5-10(15)16-14(17)19/h5-6,11,13H,3-4,7-9H2,1-2H3,(H2,15,16,19)/t11-,13+/m1/s1. The monoisotopic (exact) mass is 407 g/mol. The minimum atomic E-state index is -3.50. The molecule has 2 rings (SSSR count). The molecule has 0 spiro atoms. The molecule has 12 heteroatoms. The quantitative estimate of drug-likeness (QED) is 0.471.